The number of aryl methyl sites for hydroxylation is 1. The van der Waals surface area contributed by atoms with Gasteiger partial charge >= 0.3 is 0 Å². The second kappa shape index (κ2) is 4.53. The van der Waals surface area contributed by atoms with Crippen molar-refractivity contribution in [2.75, 3.05) is 13.1 Å². The van der Waals surface area contributed by atoms with Crippen LogP contribution in [0.3, 0.4) is 0 Å². The summed E-state index contributed by atoms with van der Waals surface area (Å²) < 4.78 is 13.1. The zero-order valence-corrected chi connectivity index (χ0v) is 10.6. The molecule has 0 aliphatic carbocycles. The summed E-state index contributed by atoms with van der Waals surface area (Å²) in [6, 6.07) is 4.51. The van der Waals surface area contributed by atoms with Gasteiger partial charge in [-0.25, -0.2) is 4.39 Å². The monoisotopic (exact) mass is 285 g/mol. The van der Waals surface area contributed by atoms with Crippen LogP contribution in [0.1, 0.15) is 22.3 Å². The normalized spacial score (nSPS) is 20.2. The van der Waals surface area contributed by atoms with Gasteiger partial charge in [-0.2, -0.15) is 0 Å². The Hall–Kier alpha value is -0.900. The third-order valence-corrected chi connectivity index (χ3v) is 3.57. The average Bonchev–Trinajstić information content (AvgIpc) is 2.68. The van der Waals surface area contributed by atoms with Crippen molar-refractivity contribution in [1.29, 1.82) is 0 Å². The Kier molecular flexibility index (Phi) is 3.28. The van der Waals surface area contributed by atoms with Crippen LogP contribution in [0.5, 0.6) is 0 Å². The number of hydrogen-bond acceptors (Lipinski definition) is 1. The molecule has 4 heteroatoms. The second-order valence-corrected chi connectivity index (χ2v) is 5.40. The van der Waals surface area contributed by atoms with E-state index >= 15 is 0 Å². The van der Waals surface area contributed by atoms with Gasteiger partial charge in [-0.3, -0.25) is 4.79 Å². The third-order valence-electron chi connectivity index (χ3n) is 2.82. The molecule has 1 amide bonds. The highest BCUT2D eigenvalue weighted by Crippen LogP contribution is 2.19. The molecule has 1 fully saturated rings. The Balaban J connectivity index is 2.18. The van der Waals surface area contributed by atoms with E-state index in [0.29, 0.717) is 16.0 Å². The molecule has 1 unspecified atom stereocenters. The number of likely N-dealkylation sites (tertiary alicyclic amines) is 1. The molecule has 16 heavy (non-hydrogen) atoms. The lowest BCUT2D eigenvalue weighted by atomic mass is 10.1. The van der Waals surface area contributed by atoms with Gasteiger partial charge in [0, 0.05) is 23.5 Å². The van der Waals surface area contributed by atoms with Gasteiger partial charge in [0.2, 0.25) is 0 Å². The maximum Gasteiger partial charge on any atom is 0.253 e. The summed E-state index contributed by atoms with van der Waals surface area (Å²) in [7, 11) is 0. The lowest BCUT2D eigenvalue weighted by Crippen LogP contribution is -2.28. The number of halogens is 2. The Morgan fingerprint density at radius 3 is 2.88 bits per heavy atom. The summed E-state index contributed by atoms with van der Waals surface area (Å²) >= 11 is 3.49. The Morgan fingerprint density at radius 2 is 2.31 bits per heavy atom. The molecule has 1 heterocycles. The van der Waals surface area contributed by atoms with Crippen molar-refractivity contribution in [3.05, 3.63) is 35.1 Å². The van der Waals surface area contributed by atoms with Crippen LogP contribution < -0.4 is 0 Å². The highest BCUT2D eigenvalue weighted by Gasteiger charge is 2.25. The minimum atomic E-state index is -0.267. The first-order valence-electron chi connectivity index (χ1n) is 5.27. The van der Waals surface area contributed by atoms with E-state index in [1.807, 2.05) is 0 Å². The Labute approximate surface area is 103 Å². The summed E-state index contributed by atoms with van der Waals surface area (Å²) in [4.78, 5) is 14.2. The van der Waals surface area contributed by atoms with Gasteiger partial charge in [0.1, 0.15) is 5.82 Å². The molecule has 0 saturated carbocycles. The number of carbonyl (C=O) groups excluding carboxylic acids is 1. The predicted octanol–water partition coefficient (Wildman–Crippen LogP) is 2.74. The van der Waals surface area contributed by atoms with Gasteiger partial charge in [0.25, 0.3) is 5.91 Å². The first-order valence-corrected chi connectivity index (χ1v) is 6.19. The molecule has 1 aromatic carbocycles. The highest BCUT2D eigenvalue weighted by molar-refractivity contribution is 9.09. The summed E-state index contributed by atoms with van der Waals surface area (Å²) in [5.74, 6) is -0.276. The fraction of sp³-hybridized carbons (Fsp3) is 0.417. The minimum Gasteiger partial charge on any atom is -0.337 e. The molecule has 0 radical (unpaired) electrons. The van der Waals surface area contributed by atoms with Crippen molar-refractivity contribution in [3.8, 4) is 0 Å². The molecule has 0 aromatic heterocycles. The van der Waals surface area contributed by atoms with Crippen molar-refractivity contribution in [3.63, 3.8) is 0 Å². The summed E-state index contributed by atoms with van der Waals surface area (Å²) in [5, 5.41) is 0. The number of rotatable bonds is 1. The van der Waals surface area contributed by atoms with Crippen molar-refractivity contribution in [1.82, 2.24) is 4.90 Å². The van der Waals surface area contributed by atoms with Crippen LogP contribution in [0.2, 0.25) is 0 Å². The van der Waals surface area contributed by atoms with Crippen molar-refractivity contribution in [2.24, 2.45) is 0 Å². The fourth-order valence-electron chi connectivity index (χ4n) is 1.86. The van der Waals surface area contributed by atoms with Crippen LogP contribution in [0.25, 0.3) is 0 Å². The number of benzene rings is 1. The van der Waals surface area contributed by atoms with E-state index in [2.05, 4.69) is 15.9 Å². The number of alkyl halides is 1. The molecule has 2 rings (SSSR count). The zero-order valence-electron chi connectivity index (χ0n) is 9.04. The van der Waals surface area contributed by atoms with Gasteiger partial charge < -0.3 is 4.90 Å². The molecule has 1 aromatic rings. The largest absolute Gasteiger partial charge is 0.337 e. The molecule has 0 bridgehead atoms. The van der Waals surface area contributed by atoms with Gasteiger partial charge in [0.05, 0.1) is 0 Å². The number of carbonyl (C=O) groups is 1. The molecule has 1 saturated heterocycles. The van der Waals surface area contributed by atoms with E-state index in [0.717, 1.165) is 19.5 Å². The van der Waals surface area contributed by atoms with E-state index < -0.39 is 0 Å². The van der Waals surface area contributed by atoms with E-state index in [1.165, 1.54) is 6.07 Å². The smallest absolute Gasteiger partial charge is 0.253 e. The van der Waals surface area contributed by atoms with E-state index in [9.17, 15) is 9.18 Å². The van der Waals surface area contributed by atoms with Crippen LogP contribution in [-0.4, -0.2) is 28.7 Å². The standard InChI is InChI=1S/C12H13BrFNO/c1-8-6-9(2-3-11(8)14)12(16)15-5-4-10(13)7-15/h2-3,6,10H,4-5,7H2,1H3. The first-order chi connectivity index (χ1) is 7.58. The van der Waals surface area contributed by atoms with Crippen LogP contribution in [0, 0.1) is 12.7 Å². The summed E-state index contributed by atoms with van der Waals surface area (Å²) in [6.45, 7) is 3.17. The SMILES string of the molecule is Cc1cc(C(=O)N2CCC(Br)C2)ccc1F. The van der Waals surface area contributed by atoms with Crippen LogP contribution in [0.4, 0.5) is 4.39 Å². The van der Waals surface area contributed by atoms with E-state index in [1.54, 1.807) is 24.0 Å². The molecule has 0 spiro atoms. The van der Waals surface area contributed by atoms with E-state index in [-0.39, 0.29) is 11.7 Å². The lowest BCUT2D eigenvalue weighted by molar-refractivity contribution is 0.0793. The number of amides is 1. The Bertz CT molecular complexity index is 421. The van der Waals surface area contributed by atoms with Gasteiger partial charge in [0.15, 0.2) is 0 Å². The zero-order chi connectivity index (χ0) is 11.7. The van der Waals surface area contributed by atoms with Crippen LogP contribution in [0.15, 0.2) is 18.2 Å². The molecular formula is C12H13BrFNO. The number of nitrogens with zero attached hydrogens (tertiary/aromatic N) is 1. The average molecular weight is 286 g/mol. The highest BCUT2D eigenvalue weighted by atomic mass is 79.9. The molecule has 1 aliphatic rings. The van der Waals surface area contributed by atoms with Gasteiger partial charge in [-0.1, -0.05) is 15.9 Å². The topological polar surface area (TPSA) is 20.3 Å². The Morgan fingerprint density at radius 1 is 1.56 bits per heavy atom. The first kappa shape index (κ1) is 11.6. The van der Waals surface area contributed by atoms with Gasteiger partial charge in [-0.05, 0) is 37.1 Å². The van der Waals surface area contributed by atoms with E-state index in [4.69, 9.17) is 0 Å². The van der Waals surface area contributed by atoms with Gasteiger partial charge in [-0.15, -0.1) is 0 Å². The summed E-state index contributed by atoms with van der Waals surface area (Å²) in [6.07, 6.45) is 0.978. The molecule has 2 nitrogen and oxygen atoms in total. The molecule has 1 aliphatic heterocycles. The third kappa shape index (κ3) is 2.26. The maximum absolute atomic E-state index is 13.1. The van der Waals surface area contributed by atoms with Crippen LogP contribution in [-0.2, 0) is 0 Å². The molecule has 1 atom stereocenters. The van der Waals surface area contributed by atoms with Crippen molar-refractivity contribution < 1.29 is 9.18 Å². The van der Waals surface area contributed by atoms with Crippen molar-refractivity contribution >= 4 is 21.8 Å². The minimum absolute atomic E-state index is 0.00921. The summed E-state index contributed by atoms with van der Waals surface area (Å²) in [5.41, 5.74) is 1.08. The predicted molar refractivity (Wildman–Crippen MR) is 64.4 cm³/mol. The molecule has 86 valence electrons. The maximum atomic E-state index is 13.1. The number of hydrogen-bond donors (Lipinski definition) is 0. The van der Waals surface area contributed by atoms with Crippen molar-refractivity contribution in [2.45, 2.75) is 18.2 Å². The second-order valence-electron chi connectivity index (χ2n) is 4.10. The van der Waals surface area contributed by atoms with Crippen LogP contribution >= 0.6 is 15.9 Å². The quantitative estimate of drug-likeness (QED) is 0.727. The lowest BCUT2D eigenvalue weighted by Gasteiger charge is -2.15. The molecule has 0 N–H and O–H groups in total. The molecular weight excluding hydrogens is 273 g/mol. The fourth-order valence-corrected chi connectivity index (χ4v) is 2.42.